The van der Waals surface area contributed by atoms with Crippen LogP contribution in [0, 0.1) is 0 Å². The molecule has 0 radical (unpaired) electrons. The highest BCUT2D eigenvalue weighted by atomic mass is 15.2. The molecule has 1 N–H and O–H groups in total. The quantitative estimate of drug-likeness (QED) is 0.635. The van der Waals surface area contributed by atoms with E-state index in [2.05, 4.69) is 30.8 Å². The molecule has 1 aliphatic heterocycles. The standard InChI is InChI=1S/C10H20N2/c1-9(2)5-7-12(3)10-4-6-11-8-10/h10-11H,1,4-8H2,2-3H3. The molecular weight excluding hydrogens is 148 g/mol. The minimum atomic E-state index is 0.754. The summed E-state index contributed by atoms with van der Waals surface area (Å²) < 4.78 is 0. The van der Waals surface area contributed by atoms with Gasteiger partial charge >= 0.3 is 0 Å². The van der Waals surface area contributed by atoms with Crippen LogP contribution < -0.4 is 5.32 Å². The Kier molecular flexibility index (Phi) is 3.76. The van der Waals surface area contributed by atoms with E-state index in [4.69, 9.17) is 0 Å². The van der Waals surface area contributed by atoms with Gasteiger partial charge in [-0.15, -0.1) is 6.58 Å². The van der Waals surface area contributed by atoms with Crippen molar-refractivity contribution in [2.45, 2.75) is 25.8 Å². The van der Waals surface area contributed by atoms with Gasteiger partial charge in [0.1, 0.15) is 0 Å². The van der Waals surface area contributed by atoms with Crippen molar-refractivity contribution in [2.75, 3.05) is 26.7 Å². The molecule has 0 aromatic carbocycles. The van der Waals surface area contributed by atoms with Gasteiger partial charge in [0.15, 0.2) is 0 Å². The number of rotatable bonds is 4. The zero-order chi connectivity index (χ0) is 8.97. The van der Waals surface area contributed by atoms with Crippen molar-refractivity contribution >= 4 is 0 Å². The third-order valence-electron chi connectivity index (χ3n) is 2.55. The molecule has 1 atom stereocenters. The number of hydrogen-bond donors (Lipinski definition) is 1. The maximum Gasteiger partial charge on any atom is 0.0229 e. The van der Waals surface area contributed by atoms with Crippen molar-refractivity contribution in [3.8, 4) is 0 Å². The first-order chi connectivity index (χ1) is 5.70. The van der Waals surface area contributed by atoms with E-state index in [1.807, 2.05) is 0 Å². The molecule has 0 spiro atoms. The van der Waals surface area contributed by atoms with Gasteiger partial charge in [-0.25, -0.2) is 0 Å². The lowest BCUT2D eigenvalue weighted by Gasteiger charge is -2.23. The highest BCUT2D eigenvalue weighted by Gasteiger charge is 2.18. The zero-order valence-electron chi connectivity index (χ0n) is 8.27. The number of nitrogens with zero attached hydrogens (tertiary/aromatic N) is 1. The van der Waals surface area contributed by atoms with Crippen LogP contribution in [-0.4, -0.2) is 37.6 Å². The summed E-state index contributed by atoms with van der Waals surface area (Å²) in [6, 6.07) is 0.754. The summed E-state index contributed by atoms with van der Waals surface area (Å²) in [6.07, 6.45) is 2.43. The molecule has 1 aliphatic rings. The van der Waals surface area contributed by atoms with E-state index in [0.29, 0.717) is 0 Å². The van der Waals surface area contributed by atoms with E-state index in [-0.39, 0.29) is 0 Å². The second kappa shape index (κ2) is 4.63. The fourth-order valence-corrected chi connectivity index (χ4v) is 1.57. The molecule has 1 fully saturated rings. The van der Waals surface area contributed by atoms with Crippen LogP contribution >= 0.6 is 0 Å². The summed E-state index contributed by atoms with van der Waals surface area (Å²) in [5, 5.41) is 3.38. The summed E-state index contributed by atoms with van der Waals surface area (Å²) in [7, 11) is 2.21. The lowest BCUT2D eigenvalue weighted by atomic mass is 10.2. The average Bonchev–Trinajstić information content (AvgIpc) is 2.51. The highest BCUT2D eigenvalue weighted by Crippen LogP contribution is 2.07. The van der Waals surface area contributed by atoms with E-state index in [1.165, 1.54) is 18.5 Å². The largest absolute Gasteiger partial charge is 0.315 e. The lowest BCUT2D eigenvalue weighted by molar-refractivity contribution is 0.260. The van der Waals surface area contributed by atoms with Crippen molar-refractivity contribution in [1.29, 1.82) is 0 Å². The Morgan fingerprint density at radius 3 is 2.92 bits per heavy atom. The number of likely N-dealkylation sites (N-methyl/N-ethyl adjacent to an activating group) is 1. The Hall–Kier alpha value is -0.340. The molecule has 0 aromatic rings. The van der Waals surface area contributed by atoms with Crippen LogP contribution in [0.5, 0.6) is 0 Å². The Bertz CT molecular complexity index is 148. The third-order valence-corrected chi connectivity index (χ3v) is 2.55. The van der Waals surface area contributed by atoms with E-state index in [0.717, 1.165) is 25.6 Å². The minimum Gasteiger partial charge on any atom is -0.315 e. The summed E-state index contributed by atoms with van der Waals surface area (Å²) in [5.74, 6) is 0. The molecule has 1 heterocycles. The zero-order valence-corrected chi connectivity index (χ0v) is 8.27. The topological polar surface area (TPSA) is 15.3 Å². The van der Waals surface area contributed by atoms with Gasteiger partial charge in [-0.1, -0.05) is 5.57 Å². The van der Waals surface area contributed by atoms with Crippen LogP contribution in [0.15, 0.2) is 12.2 Å². The summed E-state index contributed by atoms with van der Waals surface area (Å²) in [5.41, 5.74) is 1.29. The lowest BCUT2D eigenvalue weighted by Crippen LogP contribution is -2.34. The number of hydrogen-bond acceptors (Lipinski definition) is 2. The predicted octanol–water partition coefficient (Wildman–Crippen LogP) is 1.25. The Balaban J connectivity index is 2.17. The van der Waals surface area contributed by atoms with Crippen LogP contribution in [0.4, 0.5) is 0 Å². The fourth-order valence-electron chi connectivity index (χ4n) is 1.57. The SMILES string of the molecule is C=C(C)CCN(C)C1CCNC1. The molecule has 0 bridgehead atoms. The Labute approximate surface area is 75.6 Å². The first-order valence-electron chi connectivity index (χ1n) is 4.75. The molecule has 2 nitrogen and oxygen atoms in total. The van der Waals surface area contributed by atoms with Gasteiger partial charge in [-0.2, -0.15) is 0 Å². The molecule has 0 aliphatic carbocycles. The predicted molar refractivity (Wildman–Crippen MR) is 53.3 cm³/mol. The Morgan fingerprint density at radius 2 is 2.42 bits per heavy atom. The van der Waals surface area contributed by atoms with Crippen LogP contribution in [0.2, 0.25) is 0 Å². The molecule has 1 unspecified atom stereocenters. The number of nitrogens with one attached hydrogen (secondary N) is 1. The van der Waals surface area contributed by atoms with Gasteiger partial charge in [-0.3, -0.25) is 0 Å². The molecule has 0 aromatic heterocycles. The van der Waals surface area contributed by atoms with E-state index in [1.54, 1.807) is 0 Å². The third kappa shape index (κ3) is 2.95. The molecule has 12 heavy (non-hydrogen) atoms. The van der Waals surface area contributed by atoms with Gasteiger partial charge in [-0.05, 0) is 33.4 Å². The van der Waals surface area contributed by atoms with Crippen molar-refractivity contribution < 1.29 is 0 Å². The van der Waals surface area contributed by atoms with Crippen molar-refractivity contribution in [3.63, 3.8) is 0 Å². The van der Waals surface area contributed by atoms with Gasteiger partial charge in [0.05, 0.1) is 0 Å². The molecule has 70 valence electrons. The van der Waals surface area contributed by atoms with Crippen LogP contribution in [0.1, 0.15) is 19.8 Å². The van der Waals surface area contributed by atoms with Crippen LogP contribution in [-0.2, 0) is 0 Å². The molecule has 1 saturated heterocycles. The van der Waals surface area contributed by atoms with Crippen molar-refractivity contribution in [3.05, 3.63) is 12.2 Å². The highest BCUT2D eigenvalue weighted by molar-refractivity contribution is 4.89. The molecule has 1 rings (SSSR count). The van der Waals surface area contributed by atoms with Crippen LogP contribution in [0.3, 0.4) is 0 Å². The summed E-state index contributed by atoms with van der Waals surface area (Å²) in [4.78, 5) is 2.44. The maximum absolute atomic E-state index is 3.91. The first kappa shape index (κ1) is 9.75. The maximum atomic E-state index is 3.91. The van der Waals surface area contributed by atoms with Gasteiger partial charge in [0, 0.05) is 19.1 Å². The molecular formula is C10H20N2. The first-order valence-corrected chi connectivity index (χ1v) is 4.75. The monoisotopic (exact) mass is 168 g/mol. The smallest absolute Gasteiger partial charge is 0.0229 e. The van der Waals surface area contributed by atoms with Gasteiger partial charge < -0.3 is 10.2 Å². The van der Waals surface area contributed by atoms with Crippen LogP contribution in [0.25, 0.3) is 0 Å². The normalized spacial score (nSPS) is 23.4. The average molecular weight is 168 g/mol. The van der Waals surface area contributed by atoms with Crippen molar-refractivity contribution in [2.24, 2.45) is 0 Å². The van der Waals surface area contributed by atoms with E-state index in [9.17, 15) is 0 Å². The minimum absolute atomic E-state index is 0.754. The molecule has 0 saturated carbocycles. The van der Waals surface area contributed by atoms with E-state index < -0.39 is 0 Å². The second-order valence-corrected chi connectivity index (χ2v) is 3.83. The molecule has 0 amide bonds. The summed E-state index contributed by atoms with van der Waals surface area (Å²) >= 11 is 0. The van der Waals surface area contributed by atoms with Gasteiger partial charge in [0.25, 0.3) is 0 Å². The second-order valence-electron chi connectivity index (χ2n) is 3.83. The van der Waals surface area contributed by atoms with Gasteiger partial charge in [0.2, 0.25) is 0 Å². The molecule has 2 heteroatoms. The van der Waals surface area contributed by atoms with Crippen molar-refractivity contribution in [1.82, 2.24) is 10.2 Å². The summed E-state index contributed by atoms with van der Waals surface area (Å²) in [6.45, 7) is 9.51. The fraction of sp³-hybridized carbons (Fsp3) is 0.800. The van der Waals surface area contributed by atoms with E-state index >= 15 is 0 Å². The Morgan fingerprint density at radius 1 is 1.67 bits per heavy atom.